The van der Waals surface area contributed by atoms with Crippen molar-refractivity contribution in [1.82, 2.24) is 0 Å². The first-order valence-electron chi connectivity index (χ1n) is 3.50. The molecule has 0 fully saturated rings. The summed E-state index contributed by atoms with van der Waals surface area (Å²) in [6, 6.07) is 2.75. The maximum atomic E-state index is 10.4. The Morgan fingerprint density at radius 2 is 1.73 bits per heavy atom. The molecule has 0 amide bonds. The Hall–Kier alpha value is 0.126. The van der Waals surface area contributed by atoms with Crippen molar-refractivity contribution in [3.8, 4) is 5.75 Å². The molecule has 1 rings (SSSR count). The zero-order valence-electron chi connectivity index (χ0n) is 9.72. The molecule has 0 aliphatic carbocycles. The van der Waals surface area contributed by atoms with Crippen molar-refractivity contribution in [2.45, 2.75) is 6.92 Å². The van der Waals surface area contributed by atoms with Crippen LogP contribution in [0.2, 0.25) is 15.1 Å². The number of carbonyl (C=O) groups is 1. The average molecular weight is 282 g/mol. The van der Waals surface area contributed by atoms with Crippen LogP contribution in [0.15, 0.2) is 12.1 Å². The monoisotopic (exact) mass is 280 g/mol. The van der Waals surface area contributed by atoms with Gasteiger partial charge in [0.05, 0.1) is 15.1 Å². The molecule has 0 unspecified atom stereocenters. The Labute approximate surface area is 121 Å². The fraction of sp³-hybridized carbons (Fsp3) is 0.125. The molecule has 1 aromatic carbocycles. The van der Waals surface area contributed by atoms with Crippen LogP contribution < -0.4 is 4.89 Å². The molecule has 80 valence electrons. The molecule has 0 aliphatic heterocycles. The van der Waals surface area contributed by atoms with Gasteiger partial charge in [0, 0.05) is 13.0 Å². The van der Waals surface area contributed by atoms with Crippen LogP contribution in [0.1, 0.15) is 9.78 Å². The number of hydrogen-bond acceptors (Lipinski definition) is 3. The Morgan fingerprint density at radius 1 is 1.20 bits per heavy atom. The second-order valence-corrected chi connectivity index (χ2v) is 3.58. The normalized spacial score (nSPS) is 9.07. The molecule has 0 saturated carbocycles. The smallest absolute Gasteiger partial charge is 1.00 e. The number of carbonyl (C=O) groups excluding carboxylic acids is 1. The minimum atomic E-state index is -0.591. The molecule has 3 nitrogen and oxygen atoms in total. The van der Waals surface area contributed by atoms with Crippen molar-refractivity contribution in [3.63, 3.8) is 0 Å². The van der Waals surface area contributed by atoms with Crippen LogP contribution in [0.3, 0.4) is 0 Å². The number of hydrogen-bond donors (Lipinski definition) is 0. The van der Waals surface area contributed by atoms with Crippen molar-refractivity contribution in [2.75, 3.05) is 0 Å². The Bertz CT molecular complexity index is 379. The van der Waals surface area contributed by atoms with Gasteiger partial charge in [0.2, 0.25) is 0 Å². The zero-order chi connectivity index (χ0) is 10.7. The summed E-state index contributed by atoms with van der Waals surface area (Å²) in [6.45, 7) is 1.20. The summed E-state index contributed by atoms with van der Waals surface area (Å²) in [5, 5.41) is 0.769. The molecule has 0 aromatic heterocycles. The van der Waals surface area contributed by atoms with Gasteiger partial charge < -0.3 is 2.85 Å². The topological polar surface area (TPSA) is 35.5 Å². The molecule has 0 N–H and O–H groups in total. The van der Waals surface area contributed by atoms with E-state index in [4.69, 9.17) is 34.8 Å². The molecule has 7 heteroatoms. The number of rotatable bonds is 2. The van der Waals surface area contributed by atoms with Gasteiger partial charge >= 0.3 is 29.0 Å². The third kappa shape index (κ3) is 4.65. The minimum absolute atomic E-state index is 0. The molecular weight excluding hydrogens is 275 g/mol. The molecule has 0 saturated heterocycles. The van der Waals surface area contributed by atoms with Crippen LogP contribution in [-0.2, 0) is 9.68 Å². The van der Waals surface area contributed by atoms with Gasteiger partial charge in [-0.2, -0.15) is 0 Å². The van der Waals surface area contributed by atoms with E-state index >= 15 is 0 Å². The molecule has 0 heterocycles. The molecule has 0 spiro atoms. The fourth-order valence-corrected chi connectivity index (χ4v) is 1.24. The van der Waals surface area contributed by atoms with Gasteiger partial charge in [-0.1, -0.05) is 34.8 Å². The van der Waals surface area contributed by atoms with Crippen LogP contribution in [0.5, 0.6) is 5.75 Å². The van der Waals surface area contributed by atoms with Crippen LogP contribution in [-0.4, -0.2) is 29.0 Å². The van der Waals surface area contributed by atoms with Gasteiger partial charge in [-0.25, -0.2) is 4.79 Å². The maximum Gasteiger partial charge on any atom is 2.00 e. The first kappa shape index (κ1) is 15.1. The van der Waals surface area contributed by atoms with E-state index in [1.54, 1.807) is 0 Å². The second-order valence-electron chi connectivity index (χ2n) is 2.35. The van der Waals surface area contributed by atoms with E-state index in [1.807, 2.05) is 0 Å². The van der Waals surface area contributed by atoms with Gasteiger partial charge in [0.15, 0.2) is 5.75 Å². The van der Waals surface area contributed by atoms with Gasteiger partial charge in [-0.05, 0) is 6.07 Å². The van der Waals surface area contributed by atoms with E-state index in [-0.39, 0.29) is 41.7 Å². The largest absolute Gasteiger partial charge is 2.00 e. The Balaban J connectivity index is -0.000000653. The minimum Gasteiger partial charge on any atom is -1.00 e. The third-order valence-corrected chi connectivity index (χ3v) is 2.24. The van der Waals surface area contributed by atoms with E-state index in [0.717, 1.165) is 0 Å². The summed E-state index contributed by atoms with van der Waals surface area (Å²) < 4.78 is 0. The van der Waals surface area contributed by atoms with E-state index < -0.39 is 5.97 Å². The van der Waals surface area contributed by atoms with Crippen LogP contribution >= 0.6 is 34.8 Å². The number of benzene rings is 1. The quantitative estimate of drug-likeness (QED) is 0.361. The van der Waals surface area contributed by atoms with E-state index in [1.165, 1.54) is 19.1 Å². The van der Waals surface area contributed by atoms with Gasteiger partial charge in [0.1, 0.15) is 0 Å². The molecule has 0 radical (unpaired) electrons. The SMILES string of the molecule is CC(=O)OOc1cc(Cl)c(Cl)cc1Cl.[H-].[H-].[Mg+2]. The summed E-state index contributed by atoms with van der Waals surface area (Å²) in [4.78, 5) is 19.3. The van der Waals surface area contributed by atoms with Gasteiger partial charge in [0.25, 0.3) is 0 Å². The predicted molar refractivity (Wildman–Crippen MR) is 61.8 cm³/mol. The summed E-state index contributed by atoms with van der Waals surface area (Å²) in [5.41, 5.74) is 0. The molecule has 0 aliphatic rings. The number of halogens is 3. The van der Waals surface area contributed by atoms with Crippen molar-refractivity contribution < 1.29 is 17.4 Å². The van der Waals surface area contributed by atoms with Gasteiger partial charge in [-0.3, -0.25) is 9.78 Å². The summed E-state index contributed by atoms with van der Waals surface area (Å²) in [6.07, 6.45) is 0. The van der Waals surface area contributed by atoms with Crippen LogP contribution in [0.25, 0.3) is 0 Å². The van der Waals surface area contributed by atoms with Crippen LogP contribution in [0, 0.1) is 0 Å². The fourth-order valence-electron chi connectivity index (χ4n) is 0.672. The van der Waals surface area contributed by atoms with E-state index in [0.29, 0.717) is 5.02 Å². The second kappa shape index (κ2) is 6.65. The van der Waals surface area contributed by atoms with Crippen molar-refractivity contribution in [1.29, 1.82) is 0 Å². The molecule has 0 atom stereocenters. The maximum absolute atomic E-state index is 10.4. The Morgan fingerprint density at radius 3 is 2.27 bits per heavy atom. The standard InChI is InChI=1S/C8H5Cl3O3.Mg.2H/c1-4(12)13-14-8-3-6(10)5(9)2-7(8)11;;;/h2-3H,1H3;;;/q;+2;2*-1. The van der Waals surface area contributed by atoms with Crippen molar-refractivity contribution >= 4 is 63.8 Å². The van der Waals surface area contributed by atoms with Crippen molar-refractivity contribution in [2.24, 2.45) is 0 Å². The molecule has 1 aromatic rings. The van der Waals surface area contributed by atoms with Crippen LogP contribution in [0.4, 0.5) is 0 Å². The first-order chi connectivity index (χ1) is 6.50. The molecular formula is C8H7Cl3MgO3. The molecule has 0 bridgehead atoms. The summed E-state index contributed by atoms with van der Waals surface area (Å²) in [5.74, 6) is -0.455. The van der Waals surface area contributed by atoms with Crippen molar-refractivity contribution in [3.05, 3.63) is 27.2 Å². The summed E-state index contributed by atoms with van der Waals surface area (Å²) in [7, 11) is 0. The third-order valence-electron chi connectivity index (χ3n) is 1.22. The zero-order valence-corrected chi connectivity index (χ0v) is 11.4. The predicted octanol–water partition coefficient (Wildman–Crippen LogP) is 3.35. The van der Waals surface area contributed by atoms with E-state index in [9.17, 15) is 4.79 Å². The summed E-state index contributed by atoms with van der Waals surface area (Å²) >= 11 is 17.1. The molecule has 15 heavy (non-hydrogen) atoms. The average Bonchev–Trinajstić information content (AvgIpc) is 2.09. The van der Waals surface area contributed by atoms with Gasteiger partial charge in [-0.15, -0.1) is 0 Å². The first-order valence-corrected chi connectivity index (χ1v) is 4.63. The Kier molecular flexibility index (Phi) is 6.71. The van der Waals surface area contributed by atoms with E-state index in [2.05, 4.69) is 9.78 Å².